The number of likely N-dealkylation sites (N-methyl/N-ethyl adjacent to an activating group) is 1. The van der Waals surface area contributed by atoms with Crippen molar-refractivity contribution in [1.29, 1.82) is 0 Å². The summed E-state index contributed by atoms with van der Waals surface area (Å²) in [4.78, 5) is 13.8. The Morgan fingerprint density at radius 1 is 1.42 bits per heavy atom. The first-order valence-electron chi connectivity index (χ1n) is 7.91. The zero-order valence-electron chi connectivity index (χ0n) is 13.8. The normalized spacial score (nSPS) is 15.8. The van der Waals surface area contributed by atoms with Crippen molar-refractivity contribution in [3.05, 3.63) is 36.4 Å². The van der Waals surface area contributed by atoms with E-state index in [9.17, 15) is 4.79 Å². The number of benzene rings is 1. The lowest BCUT2D eigenvalue weighted by Gasteiger charge is -2.29. The number of aromatic nitrogens is 3. The lowest BCUT2D eigenvalue weighted by Crippen LogP contribution is -2.45. The molecule has 3 rings (SSSR count). The van der Waals surface area contributed by atoms with Crippen LogP contribution in [0.2, 0.25) is 0 Å². The Labute approximate surface area is 140 Å². The number of ether oxygens (including phenoxy) is 2. The van der Waals surface area contributed by atoms with Gasteiger partial charge in [-0.3, -0.25) is 0 Å². The molecule has 1 aromatic heterocycles. The number of amides is 2. The molecule has 1 atom stereocenters. The van der Waals surface area contributed by atoms with Gasteiger partial charge in [0.05, 0.1) is 13.1 Å². The number of urea groups is 1. The molecule has 8 nitrogen and oxygen atoms in total. The number of hydrogen-bond donors (Lipinski definition) is 1. The third kappa shape index (κ3) is 3.58. The number of para-hydroxylation sites is 2. The molecule has 0 radical (unpaired) electrons. The van der Waals surface area contributed by atoms with Gasteiger partial charge in [0.2, 0.25) is 0 Å². The molecule has 1 aliphatic rings. The Morgan fingerprint density at radius 2 is 2.21 bits per heavy atom. The van der Waals surface area contributed by atoms with Gasteiger partial charge in [0.25, 0.3) is 0 Å². The molecular formula is C16H21N5O3. The van der Waals surface area contributed by atoms with E-state index >= 15 is 0 Å². The maximum Gasteiger partial charge on any atom is 0.317 e. The number of nitrogens with zero attached hydrogens (tertiary/aromatic N) is 4. The lowest BCUT2D eigenvalue weighted by molar-refractivity contribution is 0.0715. The molecule has 0 saturated carbocycles. The summed E-state index contributed by atoms with van der Waals surface area (Å²) < 4.78 is 13.4. The number of hydrogen-bond acceptors (Lipinski definition) is 5. The van der Waals surface area contributed by atoms with Gasteiger partial charge in [-0.25, -0.2) is 4.79 Å². The average molecular weight is 331 g/mol. The van der Waals surface area contributed by atoms with Crippen LogP contribution in [0.4, 0.5) is 4.79 Å². The van der Waals surface area contributed by atoms with E-state index in [0.717, 1.165) is 18.1 Å². The second-order valence-corrected chi connectivity index (χ2v) is 5.57. The van der Waals surface area contributed by atoms with Crippen LogP contribution < -0.4 is 14.8 Å². The van der Waals surface area contributed by atoms with Gasteiger partial charge >= 0.3 is 6.03 Å². The lowest BCUT2D eigenvalue weighted by atomic mass is 10.2. The zero-order chi connectivity index (χ0) is 16.9. The Bertz CT molecular complexity index is 703. The van der Waals surface area contributed by atoms with E-state index < -0.39 is 0 Å². The van der Waals surface area contributed by atoms with Crippen molar-refractivity contribution in [3.63, 3.8) is 0 Å². The van der Waals surface area contributed by atoms with E-state index in [0.29, 0.717) is 25.4 Å². The largest absolute Gasteiger partial charge is 0.486 e. The van der Waals surface area contributed by atoms with Crippen molar-refractivity contribution in [2.24, 2.45) is 0 Å². The molecule has 1 aromatic carbocycles. The summed E-state index contributed by atoms with van der Waals surface area (Å²) >= 11 is 0. The molecular weight excluding hydrogens is 310 g/mol. The van der Waals surface area contributed by atoms with Crippen LogP contribution in [0, 0.1) is 0 Å². The van der Waals surface area contributed by atoms with E-state index in [-0.39, 0.29) is 12.1 Å². The number of fused-ring (bicyclic) bond motifs is 1. The van der Waals surface area contributed by atoms with E-state index in [1.54, 1.807) is 18.3 Å². The minimum atomic E-state index is -0.199. The van der Waals surface area contributed by atoms with Crippen LogP contribution >= 0.6 is 0 Å². The molecule has 0 fully saturated rings. The van der Waals surface area contributed by atoms with Gasteiger partial charge in [-0.05, 0) is 19.1 Å². The van der Waals surface area contributed by atoms with Gasteiger partial charge in [0, 0.05) is 13.6 Å². The summed E-state index contributed by atoms with van der Waals surface area (Å²) in [7, 11) is 1.73. The van der Waals surface area contributed by atoms with Crippen LogP contribution in [0.5, 0.6) is 11.5 Å². The van der Waals surface area contributed by atoms with Gasteiger partial charge in [0.1, 0.15) is 12.9 Å². The van der Waals surface area contributed by atoms with Gasteiger partial charge in [-0.2, -0.15) is 0 Å². The number of carbonyl (C=O) groups excluding carboxylic acids is 1. The van der Waals surface area contributed by atoms with Crippen LogP contribution in [0.25, 0.3) is 0 Å². The quantitative estimate of drug-likeness (QED) is 0.892. The number of rotatable bonds is 5. The third-order valence-corrected chi connectivity index (χ3v) is 3.83. The zero-order valence-corrected chi connectivity index (χ0v) is 13.8. The smallest absolute Gasteiger partial charge is 0.317 e. The number of aryl methyl sites for hydroxylation is 1. The predicted molar refractivity (Wildman–Crippen MR) is 86.9 cm³/mol. The highest BCUT2D eigenvalue weighted by molar-refractivity contribution is 5.73. The Kier molecular flexibility index (Phi) is 4.83. The molecule has 1 aliphatic heterocycles. The number of carbonyl (C=O) groups is 1. The molecule has 0 spiro atoms. The van der Waals surface area contributed by atoms with Gasteiger partial charge in [0.15, 0.2) is 23.4 Å². The van der Waals surface area contributed by atoms with Crippen molar-refractivity contribution in [3.8, 4) is 11.5 Å². The van der Waals surface area contributed by atoms with E-state index in [1.807, 2.05) is 35.8 Å². The minimum absolute atomic E-state index is 0.192. The molecule has 0 unspecified atom stereocenters. The summed E-state index contributed by atoms with van der Waals surface area (Å²) in [6.45, 7) is 3.95. The molecule has 0 aliphatic carbocycles. The summed E-state index contributed by atoms with van der Waals surface area (Å²) in [5.41, 5.74) is 0. The Morgan fingerprint density at radius 3 is 3.00 bits per heavy atom. The van der Waals surface area contributed by atoms with Crippen molar-refractivity contribution >= 4 is 6.03 Å². The van der Waals surface area contributed by atoms with Gasteiger partial charge < -0.3 is 24.3 Å². The van der Waals surface area contributed by atoms with Gasteiger partial charge in [-0.1, -0.05) is 12.1 Å². The molecule has 2 amide bonds. The molecule has 24 heavy (non-hydrogen) atoms. The summed E-state index contributed by atoms with van der Waals surface area (Å²) in [6.07, 6.45) is 1.45. The fourth-order valence-corrected chi connectivity index (χ4v) is 2.51. The topological polar surface area (TPSA) is 81.5 Å². The monoisotopic (exact) mass is 331 g/mol. The first-order chi connectivity index (χ1) is 11.7. The molecule has 0 saturated heterocycles. The van der Waals surface area contributed by atoms with Crippen molar-refractivity contribution in [2.45, 2.75) is 26.1 Å². The van der Waals surface area contributed by atoms with Crippen molar-refractivity contribution < 1.29 is 14.3 Å². The van der Waals surface area contributed by atoms with Crippen molar-refractivity contribution in [1.82, 2.24) is 25.0 Å². The Balaban J connectivity index is 1.50. The standard InChI is InChI=1S/C16H21N5O3/c1-3-21-11-18-19-15(21)8-17-16(22)20(2)9-12-10-23-13-6-4-5-7-14(13)24-12/h4-7,11-12H,3,8-10H2,1-2H3,(H,17,22)/t12-/m0/s1. The van der Waals surface area contributed by atoms with Crippen LogP contribution in [0.3, 0.4) is 0 Å². The fourth-order valence-electron chi connectivity index (χ4n) is 2.51. The van der Waals surface area contributed by atoms with E-state index in [1.165, 1.54) is 0 Å². The second kappa shape index (κ2) is 7.20. The molecule has 8 heteroatoms. The molecule has 128 valence electrons. The second-order valence-electron chi connectivity index (χ2n) is 5.57. The summed E-state index contributed by atoms with van der Waals surface area (Å²) in [5.74, 6) is 2.17. The highest BCUT2D eigenvalue weighted by Gasteiger charge is 2.23. The Hall–Kier alpha value is -2.77. The average Bonchev–Trinajstić information content (AvgIpc) is 3.07. The molecule has 1 N–H and O–H groups in total. The SMILES string of the molecule is CCn1cnnc1CNC(=O)N(C)C[C@H]1COc2ccccc2O1. The van der Waals surface area contributed by atoms with Crippen molar-refractivity contribution in [2.75, 3.05) is 20.2 Å². The van der Waals surface area contributed by atoms with Crippen LogP contribution in [-0.2, 0) is 13.1 Å². The van der Waals surface area contributed by atoms with Gasteiger partial charge in [-0.15, -0.1) is 10.2 Å². The summed E-state index contributed by atoms with van der Waals surface area (Å²) in [5, 5.41) is 10.7. The van der Waals surface area contributed by atoms with Crippen LogP contribution in [0.15, 0.2) is 30.6 Å². The summed E-state index contributed by atoms with van der Waals surface area (Å²) in [6, 6.07) is 7.33. The van der Waals surface area contributed by atoms with E-state index in [4.69, 9.17) is 9.47 Å². The van der Waals surface area contributed by atoms with Crippen LogP contribution in [0.1, 0.15) is 12.7 Å². The first-order valence-corrected chi connectivity index (χ1v) is 7.91. The highest BCUT2D eigenvalue weighted by Crippen LogP contribution is 2.30. The third-order valence-electron chi connectivity index (χ3n) is 3.83. The fraction of sp³-hybridized carbons (Fsp3) is 0.438. The molecule has 2 aromatic rings. The first kappa shape index (κ1) is 16.1. The maximum absolute atomic E-state index is 12.2. The molecule has 2 heterocycles. The highest BCUT2D eigenvalue weighted by atomic mass is 16.6. The minimum Gasteiger partial charge on any atom is -0.486 e. The number of nitrogens with one attached hydrogen (secondary N) is 1. The van der Waals surface area contributed by atoms with Crippen LogP contribution in [-0.4, -0.2) is 52.0 Å². The molecule has 0 bridgehead atoms. The predicted octanol–water partition coefficient (Wildman–Crippen LogP) is 1.28. The maximum atomic E-state index is 12.2. The van der Waals surface area contributed by atoms with E-state index in [2.05, 4.69) is 15.5 Å².